The van der Waals surface area contributed by atoms with Crippen molar-refractivity contribution in [2.75, 3.05) is 14.1 Å². The van der Waals surface area contributed by atoms with E-state index in [1.54, 1.807) is 29.3 Å². The zero-order valence-corrected chi connectivity index (χ0v) is 10.5. The van der Waals surface area contributed by atoms with Crippen molar-refractivity contribution in [1.29, 1.82) is 0 Å². The molecule has 6 nitrogen and oxygen atoms in total. The molecule has 0 saturated heterocycles. The Morgan fingerprint density at radius 2 is 2.00 bits per heavy atom. The van der Waals surface area contributed by atoms with E-state index >= 15 is 0 Å². The minimum Gasteiger partial charge on any atom is -0.422 e. The van der Waals surface area contributed by atoms with Gasteiger partial charge in [0.25, 0.3) is 5.69 Å². The Balaban J connectivity index is 2.72. The molecule has 0 fully saturated rings. The van der Waals surface area contributed by atoms with Crippen LogP contribution in [-0.2, 0) is 0 Å². The van der Waals surface area contributed by atoms with Crippen molar-refractivity contribution in [2.24, 2.45) is 0 Å². The second kappa shape index (κ2) is 4.93. The van der Waals surface area contributed by atoms with Gasteiger partial charge in [0.1, 0.15) is 5.58 Å². The molecule has 0 atom stereocenters. The third-order valence-electron chi connectivity index (χ3n) is 2.54. The Bertz CT molecular complexity index is 716. The van der Waals surface area contributed by atoms with Gasteiger partial charge in [0, 0.05) is 20.2 Å². The molecular weight excluding hydrogens is 248 g/mol. The van der Waals surface area contributed by atoms with Crippen molar-refractivity contribution in [3.8, 4) is 0 Å². The average molecular weight is 260 g/mol. The summed E-state index contributed by atoms with van der Waals surface area (Å²) in [5, 5.41) is 11.5. The van der Waals surface area contributed by atoms with Gasteiger partial charge in [-0.05, 0) is 30.5 Å². The van der Waals surface area contributed by atoms with Gasteiger partial charge in [-0.15, -0.1) is 0 Å². The zero-order chi connectivity index (χ0) is 14.0. The Morgan fingerprint density at radius 1 is 1.26 bits per heavy atom. The third kappa shape index (κ3) is 2.62. The second-order valence-corrected chi connectivity index (χ2v) is 4.21. The van der Waals surface area contributed by atoms with Gasteiger partial charge in [-0.3, -0.25) is 10.1 Å². The van der Waals surface area contributed by atoms with E-state index in [-0.39, 0.29) is 11.3 Å². The van der Waals surface area contributed by atoms with Gasteiger partial charge in [-0.25, -0.2) is 4.79 Å². The molecule has 0 aliphatic heterocycles. The summed E-state index contributed by atoms with van der Waals surface area (Å²) in [6.45, 7) is 0. The average Bonchev–Trinajstić information content (AvgIpc) is 2.34. The molecule has 6 heteroatoms. The van der Waals surface area contributed by atoms with E-state index in [4.69, 9.17) is 4.42 Å². The van der Waals surface area contributed by atoms with Crippen LogP contribution in [0.25, 0.3) is 17.0 Å². The van der Waals surface area contributed by atoms with Gasteiger partial charge in [0.05, 0.1) is 15.9 Å². The third-order valence-corrected chi connectivity index (χ3v) is 2.54. The molecular formula is C13H12N2O4. The summed E-state index contributed by atoms with van der Waals surface area (Å²) < 4.78 is 4.94. The molecule has 1 heterocycles. The molecule has 0 unspecified atom stereocenters. The molecule has 0 spiro atoms. The molecule has 0 aliphatic carbocycles. The number of nitro groups is 1. The Hall–Kier alpha value is -2.63. The standard InChI is InChI=1S/C13H12N2O4/c1-14(2)8-7-9-3-5-11-10(13(9)15(17)18)4-6-12(16)19-11/h3-8H,1-2H3/b8-7+. The van der Waals surface area contributed by atoms with Crippen molar-refractivity contribution in [2.45, 2.75) is 0 Å². The fourth-order valence-electron chi connectivity index (χ4n) is 1.72. The van der Waals surface area contributed by atoms with Gasteiger partial charge < -0.3 is 9.32 Å². The van der Waals surface area contributed by atoms with E-state index < -0.39 is 10.5 Å². The minimum absolute atomic E-state index is 0.0700. The predicted molar refractivity (Wildman–Crippen MR) is 71.9 cm³/mol. The van der Waals surface area contributed by atoms with E-state index in [2.05, 4.69) is 0 Å². The number of hydrogen-bond acceptors (Lipinski definition) is 5. The first-order valence-corrected chi connectivity index (χ1v) is 5.55. The van der Waals surface area contributed by atoms with Gasteiger partial charge in [-0.1, -0.05) is 0 Å². The lowest BCUT2D eigenvalue weighted by molar-refractivity contribution is -0.383. The fraction of sp³-hybridized carbons (Fsp3) is 0.154. The summed E-state index contributed by atoms with van der Waals surface area (Å²) in [5.74, 6) is 0. The van der Waals surface area contributed by atoms with Crippen LogP contribution >= 0.6 is 0 Å². The lowest BCUT2D eigenvalue weighted by atomic mass is 10.1. The summed E-state index contributed by atoms with van der Waals surface area (Å²) >= 11 is 0. The minimum atomic E-state index is -0.529. The summed E-state index contributed by atoms with van der Waals surface area (Å²) in [5.41, 5.74) is 0.0685. The number of fused-ring (bicyclic) bond motifs is 1. The molecule has 0 amide bonds. The smallest absolute Gasteiger partial charge is 0.336 e. The first kappa shape index (κ1) is 12.8. The van der Waals surface area contributed by atoms with E-state index in [9.17, 15) is 14.9 Å². The first-order valence-electron chi connectivity index (χ1n) is 5.55. The number of hydrogen-bond donors (Lipinski definition) is 0. The van der Waals surface area contributed by atoms with Crippen LogP contribution in [0.1, 0.15) is 5.56 Å². The van der Waals surface area contributed by atoms with Crippen molar-refractivity contribution in [3.05, 3.63) is 56.6 Å². The lowest BCUT2D eigenvalue weighted by Gasteiger charge is -2.05. The number of rotatable bonds is 3. The quantitative estimate of drug-likeness (QED) is 0.480. The molecule has 98 valence electrons. The highest BCUT2D eigenvalue weighted by Gasteiger charge is 2.18. The molecule has 0 bridgehead atoms. The van der Waals surface area contributed by atoms with Crippen LogP contribution in [0.4, 0.5) is 5.69 Å². The second-order valence-electron chi connectivity index (χ2n) is 4.21. The van der Waals surface area contributed by atoms with Crippen LogP contribution in [0, 0.1) is 10.1 Å². The Morgan fingerprint density at radius 3 is 2.63 bits per heavy atom. The Labute approximate surface area is 108 Å². The van der Waals surface area contributed by atoms with Crippen LogP contribution in [0.3, 0.4) is 0 Å². The highest BCUT2D eigenvalue weighted by Crippen LogP contribution is 2.29. The maximum atomic E-state index is 11.2. The van der Waals surface area contributed by atoms with E-state index in [0.29, 0.717) is 10.9 Å². The maximum absolute atomic E-state index is 11.2. The zero-order valence-electron chi connectivity index (χ0n) is 10.5. The molecule has 0 aliphatic rings. The molecule has 0 N–H and O–H groups in total. The van der Waals surface area contributed by atoms with Crippen molar-refractivity contribution in [3.63, 3.8) is 0 Å². The van der Waals surface area contributed by atoms with Crippen LogP contribution < -0.4 is 5.63 Å². The summed E-state index contributed by atoms with van der Waals surface area (Å²) in [4.78, 5) is 23.6. The predicted octanol–water partition coefficient (Wildman–Crippen LogP) is 2.23. The number of nitrogens with zero attached hydrogens (tertiary/aromatic N) is 2. The fourth-order valence-corrected chi connectivity index (χ4v) is 1.72. The number of benzene rings is 1. The first-order chi connectivity index (χ1) is 8.99. The summed E-state index contributed by atoms with van der Waals surface area (Å²) in [6.07, 6.45) is 3.36. The van der Waals surface area contributed by atoms with Crippen molar-refractivity contribution >= 4 is 22.7 Å². The highest BCUT2D eigenvalue weighted by atomic mass is 16.6. The molecule has 0 saturated carbocycles. The maximum Gasteiger partial charge on any atom is 0.336 e. The molecule has 19 heavy (non-hydrogen) atoms. The normalized spacial score (nSPS) is 11.1. The van der Waals surface area contributed by atoms with Crippen molar-refractivity contribution < 1.29 is 9.34 Å². The van der Waals surface area contributed by atoms with Crippen LogP contribution in [-0.4, -0.2) is 23.9 Å². The molecule has 2 rings (SSSR count). The number of nitro benzene ring substituents is 1. The van der Waals surface area contributed by atoms with Crippen LogP contribution in [0.5, 0.6) is 0 Å². The SMILES string of the molecule is CN(C)/C=C/c1ccc2oc(=O)ccc2c1[N+](=O)[O-]. The van der Waals surface area contributed by atoms with Gasteiger partial charge in [0.15, 0.2) is 0 Å². The van der Waals surface area contributed by atoms with Crippen LogP contribution in [0.2, 0.25) is 0 Å². The summed E-state index contributed by atoms with van der Waals surface area (Å²) in [6, 6.07) is 5.70. The van der Waals surface area contributed by atoms with Gasteiger partial charge >= 0.3 is 5.63 Å². The van der Waals surface area contributed by atoms with Gasteiger partial charge in [0.2, 0.25) is 0 Å². The van der Waals surface area contributed by atoms with E-state index in [1.165, 1.54) is 12.1 Å². The largest absolute Gasteiger partial charge is 0.422 e. The van der Waals surface area contributed by atoms with E-state index in [1.807, 2.05) is 14.1 Å². The molecule has 1 aromatic heterocycles. The Kier molecular flexibility index (Phi) is 3.33. The summed E-state index contributed by atoms with van der Waals surface area (Å²) in [7, 11) is 3.64. The van der Waals surface area contributed by atoms with E-state index in [0.717, 1.165) is 0 Å². The molecule has 1 aromatic carbocycles. The topological polar surface area (TPSA) is 76.6 Å². The lowest BCUT2D eigenvalue weighted by Crippen LogP contribution is -2.01. The molecule has 0 radical (unpaired) electrons. The van der Waals surface area contributed by atoms with Crippen LogP contribution in [0.15, 0.2) is 39.7 Å². The van der Waals surface area contributed by atoms with Crippen molar-refractivity contribution in [1.82, 2.24) is 4.90 Å². The monoisotopic (exact) mass is 260 g/mol. The molecule has 2 aromatic rings. The highest BCUT2D eigenvalue weighted by molar-refractivity contribution is 5.90. The van der Waals surface area contributed by atoms with Gasteiger partial charge in [-0.2, -0.15) is 0 Å².